The van der Waals surface area contributed by atoms with Crippen molar-refractivity contribution in [2.75, 3.05) is 5.75 Å². The Hall–Kier alpha value is -0.350. The van der Waals surface area contributed by atoms with Gasteiger partial charge in [0.05, 0.1) is 5.75 Å². The summed E-state index contributed by atoms with van der Waals surface area (Å²) in [7, 11) is -3.28. The lowest BCUT2D eigenvalue weighted by atomic mass is 9.70. The van der Waals surface area contributed by atoms with Gasteiger partial charge in [-0.3, -0.25) is 0 Å². The van der Waals surface area contributed by atoms with Crippen LogP contribution in [0, 0.1) is 17.8 Å². The average molecular weight is 201 g/mol. The third-order valence-corrected chi connectivity index (χ3v) is 4.05. The summed E-state index contributed by atoms with van der Waals surface area (Å²) in [5.41, 5.74) is 0. The van der Waals surface area contributed by atoms with Gasteiger partial charge in [-0.1, -0.05) is 12.2 Å². The molecule has 0 heterocycles. The first-order valence-corrected chi connectivity index (χ1v) is 6.45. The van der Waals surface area contributed by atoms with E-state index >= 15 is 0 Å². The van der Waals surface area contributed by atoms with Crippen LogP contribution in [0.4, 0.5) is 0 Å². The topological polar surface area (TPSA) is 60.2 Å². The lowest BCUT2D eigenvalue weighted by molar-refractivity contribution is 0.240. The molecule has 0 aromatic rings. The van der Waals surface area contributed by atoms with E-state index in [9.17, 15) is 8.42 Å². The highest BCUT2D eigenvalue weighted by atomic mass is 32.2. The van der Waals surface area contributed by atoms with Crippen molar-refractivity contribution in [3.05, 3.63) is 12.2 Å². The number of primary sulfonamides is 1. The van der Waals surface area contributed by atoms with Crippen molar-refractivity contribution in [1.82, 2.24) is 0 Å². The van der Waals surface area contributed by atoms with Gasteiger partial charge in [0, 0.05) is 0 Å². The van der Waals surface area contributed by atoms with Crippen molar-refractivity contribution in [2.45, 2.75) is 19.3 Å². The highest BCUT2D eigenvalue weighted by Crippen LogP contribution is 2.40. The molecule has 3 aliphatic carbocycles. The minimum atomic E-state index is -3.28. The van der Waals surface area contributed by atoms with Crippen LogP contribution < -0.4 is 5.14 Å². The fraction of sp³-hybridized carbons (Fsp3) is 0.778. The molecule has 0 spiro atoms. The van der Waals surface area contributed by atoms with Gasteiger partial charge in [0.25, 0.3) is 0 Å². The molecule has 0 amide bonds. The van der Waals surface area contributed by atoms with Crippen LogP contribution in [0.3, 0.4) is 0 Å². The zero-order valence-corrected chi connectivity index (χ0v) is 8.33. The minimum Gasteiger partial charge on any atom is -0.229 e. The number of fused-ring (bicyclic) bond motifs is 2. The van der Waals surface area contributed by atoms with Gasteiger partial charge in [0.2, 0.25) is 10.0 Å². The van der Waals surface area contributed by atoms with Gasteiger partial charge in [0.1, 0.15) is 0 Å². The van der Waals surface area contributed by atoms with Crippen LogP contribution in [0.5, 0.6) is 0 Å². The molecule has 74 valence electrons. The Morgan fingerprint density at radius 2 is 2.08 bits per heavy atom. The molecule has 2 bridgehead atoms. The van der Waals surface area contributed by atoms with Crippen LogP contribution in [0.1, 0.15) is 19.3 Å². The average Bonchev–Trinajstić information content (AvgIpc) is 2.03. The van der Waals surface area contributed by atoms with E-state index in [0.717, 1.165) is 12.8 Å². The van der Waals surface area contributed by atoms with Crippen LogP contribution in [-0.2, 0) is 10.0 Å². The Bertz CT molecular complexity index is 321. The first-order chi connectivity index (χ1) is 6.04. The summed E-state index contributed by atoms with van der Waals surface area (Å²) < 4.78 is 21.9. The molecule has 0 saturated heterocycles. The predicted octanol–water partition coefficient (Wildman–Crippen LogP) is 0.877. The maximum atomic E-state index is 10.9. The summed E-state index contributed by atoms with van der Waals surface area (Å²) in [5.74, 6) is 1.51. The Balaban J connectivity index is 2.07. The van der Waals surface area contributed by atoms with Gasteiger partial charge >= 0.3 is 0 Å². The number of allylic oxidation sites excluding steroid dienone is 2. The standard InChI is InChI=1S/C9H15NO2S/c10-13(11,12)6-9-5-7-1-3-8(9)4-2-7/h1,3,7-9H,2,4-6H2,(H2,10,11,12). The van der Waals surface area contributed by atoms with Crippen molar-refractivity contribution < 1.29 is 8.42 Å². The predicted molar refractivity (Wildman–Crippen MR) is 51.4 cm³/mol. The molecule has 3 atom stereocenters. The second-order valence-electron chi connectivity index (χ2n) is 4.21. The van der Waals surface area contributed by atoms with E-state index in [2.05, 4.69) is 12.2 Å². The molecule has 13 heavy (non-hydrogen) atoms. The molecule has 2 N–H and O–H groups in total. The molecule has 4 heteroatoms. The van der Waals surface area contributed by atoms with E-state index in [1.807, 2.05) is 0 Å². The van der Waals surface area contributed by atoms with Crippen LogP contribution in [-0.4, -0.2) is 14.2 Å². The molecule has 3 aliphatic rings. The second kappa shape index (κ2) is 3.10. The van der Waals surface area contributed by atoms with Gasteiger partial charge in [-0.25, -0.2) is 13.6 Å². The van der Waals surface area contributed by atoms with Crippen molar-refractivity contribution in [1.29, 1.82) is 0 Å². The molecule has 0 aliphatic heterocycles. The second-order valence-corrected chi connectivity index (χ2v) is 5.87. The Labute approximate surface area is 79.1 Å². The third-order valence-electron chi connectivity index (χ3n) is 3.16. The Morgan fingerprint density at radius 3 is 2.46 bits per heavy atom. The van der Waals surface area contributed by atoms with Gasteiger partial charge in [-0.2, -0.15) is 0 Å². The van der Waals surface area contributed by atoms with Crippen molar-refractivity contribution in [3.8, 4) is 0 Å². The number of rotatable bonds is 2. The SMILES string of the molecule is NS(=O)(=O)CC1CC2C=CC1CC2. The summed E-state index contributed by atoms with van der Waals surface area (Å²) in [6.07, 6.45) is 7.78. The molecule has 1 saturated carbocycles. The smallest absolute Gasteiger partial charge is 0.209 e. The summed E-state index contributed by atoms with van der Waals surface area (Å²) >= 11 is 0. The summed E-state index contributed by atoms with van der Waals surface area (Å²) in [6.45, 7) is 0. The molecular weight excluding hydrogens is 186 g/mol. The maximum Gasteiger partial charge on any atom is 0.209 e. The zero-order chi connectivity index (χ0) is 9.47. The van der Waals surface area contributed by atoms with E-state index in [0.29, 0.717) is 11.8 Å². The lowest BCUT2D eigenvalue weighted by Crippen LogP contribution is -2.34. The monoisotopic (exact) mass is 201 g/mol. The molecule has 0 aromatic heterocycles. The number of nitrogens with two attached hydrogens (primary N) is 1. The molecule has 0 aromatic carbocycles. The fourth-order valence-electron chi connectivity index (χ4n) is 2.54. The molecule has 3 nitrogen and oxygen atoms in total. The van der Waals surface area contributed by atoms with E-state index in [1.165, 1.54) is 6.42 Å². The van der Waals surface area contributed by atoms with Crippen LogP contribution in [0.15, 0.2) is 12.2 Å². The summed E-state index contributed by atoms with van der Waals surface area (Å²) in [6, 6.07) is 0. The van der Waals surface area contributed by atoms with E-state index < -0.39 is 10.0 Å². The first kappa shape index (κ1) is 9.21. The van der Waals surface area contributed by atoms with Gasteiger partial charge < -0.3 is 0 Å². The number of sulfonamides is 1. The Morgan fingerprint density at radius 1 is 1.31 bits per heavy atom. The largest absolute Gasteiger partial charge is 0.229 e. The molecule has 3 unspecified atom stereocenters. The molecule has 3 rings (SSSR count). The fourth-order valence-corrected chi connectivity index (χ4v) is 3.52. The Kier molecular flexibility index (Phi) is 2.20. The van der Waals surface area contributed by atoms with Gasteiger partial charge in [-0.15, -0.1) is 0 Å². The number of hydrogen-bond donors (Lipinski definition) is 1. The third kappa shape index (κ3) is 2.11. The van der Waals surface area contributed by atoms with Crippen molar-refractivity contribution in [3.63, 3.8) is 0 Å². The van der Waals surface area contributed by atoms with E-state index in [-0.39, 0.29) is 11.7 Å². The lowest BCUT2D eigenvalue weighted by Gasteiger charge is -2.37. The molecule has 1 fully saturated rings. The van der Waals surface area contributed by atoms with Gasteiger partial charge in [0.15, 0.2) is 0 Å². The van der Waals surface area contributed by atoms with Gasteiger partial charge in [-0.05, 0) is 37.0 Å². The van der Waals surface area contributed by atoms with Crippen LogP contribution in [0.2, 0.25) is 0 Å². The zero-order valence-electron chi connectivity index (χ0n) is 7.52. The highest BCUT2D eigenvalue weighted by molar-refractivity contribution is 7.89. The highest BCUT2D eigenvalue weighted by Gasteiger charge is 2.33. The van der Waals surface area contributed by atoms with E-state index in [4.69, 9.17) is 5.14 Å². The minimum absolute atomic E-state index is 0.165. The molecular formula is C9H15NO2S. The van der Waals surface area contributed by atoms with E-state index in [1.54, 1.807) is 0 Å². The van der Waals surface area contributed by atoms with Crippen molar-refractivity contribution in [2.24, 2.45) is 22.9 Å². The number of hydrogen-bond acceptors (Lipinski definition) is 2. The first-order valence-electron chi connectivity index (χ1n) is 4.73. The van der Waals surface area contributed by atoms with Crippen LogP contribution in [0.25, 0.3) is 0 Å². The quantitative estimate of drug-likeness (QED) is 0.674. The maximum absolute atomic E-state index is 10.9. The normalized spacial score (nSPS) is 38.1. The summed E-state index contributed by atoms with van der Waals surface area (Å²) in [5, 5.41) is 5.05. The molecule has 0 radical (unpaired) electrons. The summed E-state index contributed by atoms with van der Waals surface area (Å²) in [4.78, 5) is 0. The van der Waals surface area contributed by atoms with Crippen LogP contribution >= 0.6 is 0 Å². The van der Waals surface area contributed by atoms with Crippen molar-refractivity contribution >= 4 is 10.0 Å².